The molecule has 0 aliphatic heterocycles. The van der Waals surface area contributed by atoms with Crippen molar-refractivity contribution >= 4 is 5.69 Å². The quantitative estimate of drug-likeness (QED) is 0.825. The average Bonchev–Trinajstić information content (AvgIpc) is 2.89. The minimum Gasteiger partial charge on any atom is -0.374 e. The molecule has 1 heterocycles. The van der Waals surface area contributed by atoms with Crippen LogP contribution in [-0.2, 0) is 13.0 Å². The van der Waals surface area contributed by atoms with E-state index in [0.29, 0.717) is 6.54 Å². The summed E-state index contributed by atoms with van der Waals surface area (Å²) >= 11 is 0. The first-order chi connectivity index (χ1) is 8.29. The Labute approximate surface area is 102 Å². The number of likely N-dealkylation sites (N-methyl/N-ethyl adjacent to an activating group) is 1. The van der Waals surface area contributed by atoms with E-state index < -0.39 is 0 Å². The molecule has 1 aromatic heterocycles. The van der Waals surface area contributed by atoms with Crippen molar-refractivity contribution in [3.63, 3.8) is 0 Å². The fraction of sp³-hybridized carbons (Fsp3) is 0.286. The van der Waals surface area contributed by atoms with E-state index in [2.05, 4.69) is 47.3 Å². The summed E-state index contributed by atoms with van der Waals surface area (Å²) in [6.45, 7) is 1.60. The normalized spacial score (nSPS) is 10.5. The number of nitrogens with two attached hydrogens (primary N) is 1. The number of aromatic amines is 1. The van der Waals surface area contributed by atoms with Crippen LogP contribution in [0.5, 0.6) is 0 Å². The SMILES string of the molecule is CN(CCc1cc[nH]c1)c1cccc(CN)c1. The zero-order valence-electron chi connectivity index (χ0n) is 10.2. The summed E-state index contributed by atoms with van der Waals surface area (Å²) < 4.78 is 0. The molecule has 3 heteroatoms. The molecule has 0 radical (unpaired) electrons. The van der Waals surface area contributed by atoms with Crippen LogP contribution < -0.4 is 10.6 Å². The van der Waals surface area contributed by atoms with Gasteiger partial charge in [0.15, 0.2) is 0 Å². The molecule has 0 saturated heterocycles. The molecule has 3 N–H and O–H groups in total. The summed E-state index contributed by atoms with van der Waals surface area (Å²) in [4.78, 5) is 5.33. The summed E-state index contributed by atoms with van der Waals surface area (Å²) in [7, 11) is 2.11. The van der Waals surface area contributed by atoms with Crippen LogP contribution in [0, 0.1) is 0 Å². The Kier molecular flexibility index (Phi) is 3.83. The van der Waals surface area contributed by atoms with Gasteiger partial charge in [0.05, 0.1) is 0 Å². The highest BCUT2D eigenvalue weighted by atomic mass is 15.1. The van der Waals surface area contributed by atoms with E-state index in [1.807, 2.05) is 12.4 Å². The Hall–Kier alpha value is -1.74. The Morgan fingerprint density at radius 1 is 1.24 bits per heavy atom. The molecule has 2 aromatic rings. The molecular weight excluding hydrogens is 210 g/mol. The van der Waals surface area contributed by atoms with E-state index in [1.165, 1.54) is 16.8 Å². The van der Waals surface area contributed by atoms with Gasteiger partial charge in [-0.1, -0.05) is 12.1 Å². The van der Waals surface area contributed by atoms with Gasteiger partial charge < -0.3 is 15.6 Å². The third-order valence-corrected chi connectivity index (χ3v) is 2.99. The lowest BCUT2D eigenvalue weighted by Gasteiger charge is -2.19. The zero-order chi connectivity index (χ0) is 12.1. The predicted molar refractivity (Wildman–Crippen MR) is 72.1 cm³/mol. The maximum absolute atomic E-state index is 5.65. The average molecular weight is 229 g/mol. The second-order valence-electron chi connectivity index (χ2n) is 4.26. The summed E-state index contributed by atoms with van der Waals surface area (Å²) in [5, 5.41) is 0. The fourth-order valence-corrected chi connectivity index (χ4v) is 1.86. The van der Waals surface area contributed by atoms with Crippen molar-refractivity contribution in [1.29, 1.82) is 0 Å². The van der Waals surface area contributed by atoms with Gasteiger partial charge in [0.2, 0.25) is 0 Å². The van der Waals surface area contributed by atoms with Crippen molar-refractivity contribution in [1.82, 2.24) is 4.98 Å². The van der Waals surface area contributed by atoms with E-state index in [0.717, 1.165) is 13.0 Å². The molecule has 0 unspecified atom stereocenters. The van der Waals surface area contributed by atoms with Gasteiger partial charge >= 0.3 is 0 Å². The van der Waals surface area contributed by atoms with E-state index in [-0.39, 0.29) is 0 Å². The Morgan fingerprint density at radius 3 is 2.82 bits per heavy atom. The van der Waals surface area contributed by atoms with Crippen LogP contribution in [-0.4, -0.2) is 18.6 Å². The summed E-state index contributed by atoms with van der Waals surface area (Å²) in [5.74, 6) is 0. The number of anilines is 1. The number of nitrogens with zero attached hydrogens (tertiary/aromatic N) is 1. The molecule has 0 spiro atoms. The van der Waals surface area contributed by atoms with Crippen molar-refractivity contribution in [2.75, 3.05) is 18.5 Å². The number of benzene rings is 1. The number of rotatable bonds is 5. The first-order valence-corrected chi connectivity index (χ1v) is 5.91. The van der Waals surface area contributed by atoms with Gasteiger partial charge in [0.1, 0.15) is 0 Å². The van der Waals surface area contributed by atoms with Crippen molar-refractivity contribution < 1.29 is 0 Å². The first kappa shape index (κ1) is 11.7. The van der Waals surface area contributed by atoms with Gasteiger partial charge in [0.25, 0.3) is 0 Å². The molecule has 0 fully saturated rings. The molecule has 0 aliphatic carbocycles. The van der Waals surface area contributed by atoms with Gasteiger partial charge in [-0.3, -0.25) is 0 Å². The summed E-state index contributed by atoms with van der Waals surface area (Å²) in [6, 6.07) is 10.5. The van der Waals surface area contributed by atoms with Crippen LogP contribution in [0.3, 0.4) is 0 Å². The largest absolute Gasteiger partial charge is 0.374 e. The highest BCUT2D eigenvalue weighted by Gasteiger charge is 2.02. The molecule has 2 rings (SSSR count). The third-order valence-electron chi connectivity index (χ3n) is 2.99. The van der Waals surface area contributed by atoms with Gasteiger partial charge in [-0.15, -0.1) is 0 Å². The number of nitrogens with one attached hydrogen (secondary N) is 1. The lowest BCUT2D eigenvalue weighted by Crippen LogP contribution is -2.20. The molecule has 0 aliphatic rings. The monoisotopic (exact) mass is 229 g/mol. The summed E-state index contributed by atoms with van der Waals surface area (Å²) in [6.07, 6.45) is 5.06. The van der Waals surface area contributed by atoms with Gasteiger partial charge in [-0.2, -0.15) is 0 Å². The van der Waals surface area contributed by atoms with Crippen LogP contribution in [0.4, 0.5) is 5.69 Å². The van der Waals surface area contributed by atoms with E-state index in [9.17, 15) is 0 Å². The Morgan fingerprint density at radius 2 is 2.12 bits per heavy atom. The molecule has 0 amide bonds. The lowest BCUT2D eigenvalue weighted by molar-refractivity contribution is 0.875. The van der Waals surface area contributed by atoms with Crippen LogP contribution in [0.15, 0.2) is 42.7 Å². The van der Waals surface area contributed by atoms with Crippen molar-refractivity contribution in [2.45, 2.75) is 13.0 Å². The van der Waals surface area contributed by atoms with Crippen molar-refractivity contribution in [2.24, 2.45) is 5.73 Å². The van der Waals surface area contributed by atoms with Crippen LogP contribution in [0.1, 0.15) is 11.1 Å². The standard InChI is InChI=1S/C14H19N3/c1-17(8-6-12-5-7-16-11-12)14-4-2-3-13(9-14)10-15/h2-5,7,9,11,16H,6,8,10,15H2,1H3. The van der Waals surface area contributed by atoms with E-state index in [4.69, 9.17) is 5.73 Å². The van der Waals surface area contributed by atoms with Crippen molar-refractivity contribution in [3.8, 4) is 0 Å². The smallest absolute Gasteiger partial charge is 0.0366 e. The topological polar surface area (TPSA) is 45.0 Å². The second kappa shape index (κ2) is 5.55. The summed E-state index contributed by atoms with van der Waals surface area (Å²) in [5.41, 5.74) is 9.39. The van der Waals surface area contributed by atoms with Gasteiger partial charge in [-0.05, 0) is 35.7 Å². The van der Waals surface area contributed by atoms with Gasteiger partial charge in [0, 0.05) is 38.2 Å². The maximum atomic E-state index is 5.65. The molecule has 17 heavy (non-hydrogen) atoms. The molecular formula is C14H19N3. The highest BCUT2D eigenvalue weighted by Crippen LogP contribution is 2.15. The van der Waals surface area contributed by atoms with Crippen LogP contribution in [0.2, 0.25) is 0 Å². The molecule has 0 bridgehead atoms. The number of H-pyrrole nitrogens is 1. The third kappa shape index (κ3) is 3.11. The first-order valence-electron chi connectivity index (χ1n) is 5.91. The lowest BCUT2D eigenvalue weighted by atomic mass is 10.2. The van der Waals surface area contributed by atoms with Crippen LogP contribution in [0.25, 0.3) is 0 Å². The Balaban J connectivity index is 1.96. The minimum atomic E-state index is 0.597. The van der Waals surface area contributed by atoms with E-state index in [1.54, 1.807) is 0 Å². The number of hydrogen-bond donors (Lipinski definition) is 2. The molecule has 90 valence electrons. The second-order valence-corrected chi connectivity index (χ2v) is 4.26. The minimum absolute atomic E-state index is 0.597. The number of hydrogen-bond acceptors (Lipinski definition) is 2. The predicted octanol–water partition coefficient (Wildman–Crippen LogP) is 2.15. The fourth-order valence-electron chi connectivity index (χ4n) is 1.86. The highest BCUT2D eigenvalue weighted by molar-refractivity contribution is 5.48. The van der Waals surface area contributed by atoms with Crippen LogP contribution >= 0.6 is 0 Å². The molecule has 0 saturated carbocycles. The van der Waals surface area contributed by atoms with Crippen molar-refractivity contribution in [3.05, 3.63) is 53.9 Å². The Bertz CT molecular complexity index is 448. The molecule has 3 nitrogen and oxygen atoms in total. The zero-order valence-corrected chi connectivity index (χ0v) is 10.2. The number of aromatic nitrogens is 1. The van der Waals surface area contributed by atoms with E-state index >= 15 is 0 Å². The van der Waals surface area contributed by atoms with Gasteiger partial charge in [-0.25, -0.2) is 0 Å². The molecule has 0 atom stereocenters. The maximum Gasteiger partial charge on any atom is 0.0366 e. The molecule has 1 aromatic carbocycles.